The van der Waals surface area contributed by atoms with Crippen LogP contribution in [0.15, 0.2) is 24.3 Å². The Morgan fingerprint density at radius 3 is 2.00 bits per heavy atom. The first-order chi connectivity index (χ1) is 14.6. The Hall–Kier alpha value is -2.77. The molecule has 3 amide bonds. The zero-order valence-electron chi connectivity index (χ0n) is 20.8. The maximum Gasteiger partial charge on any atom is 0.408 e. The largest absolute Gasteiger partial charge is 0.508 e. The molecule has 0 aliphatic rings. The van der Waals surface area contributed by atoms with Gasteiger partial charge in [-0.15, -0.1) is 0 Å². The number of alkyl carbamates (subject to hydrolysis) is 1. The molecule has 0 aliphatic heterocycles. The van der Waals surface area contributed by atoms with Crippen LogP contribution in [-0.2, 0) is 14.3 Å². The van der Waals surface area contributed by atoms with Crippen molar-refractivity contribution in [1.29, 1.82) is 0 Å². The molecule has 0 saturated heterocycles. The number of benzene rings is 1. The van der Waals surface area contributed by atoms with Gasteiger partial charge in [-0.25, -0.2) is 4.79 Å². The molecule has 0 spiro atoms. The zero-order valence-corrected chi connectivity index (χ0v) is 20.8. The van der Waals surface area contributed by atoms with Gasteiger partial charge in [0.1, 0.15) is 23.4 Å². The zero-order chi connectivity index (χ0) is 24.9. The highest BCUT2D eigenvalue weighted by Crippen LogP contribution is 2.28. The first-order valence-electron chi connectivity index (χ1n) is 11.0. The van der Waals surface area contributed by atoms with E-state index in [0.29, 0.717) is 12.0 Å². The Labute approximate surface area is 191 Å². The summed E-state index contributed by atoms with van der Waals surface area (Å²) in [6.07, 6.45) is -0.106. The van der Waals surface area contributed by atoms with Crippen LogP contribution in [0.25, 0.3) is 0 Å². The molecular weight excluding hydrogens is 410 g/mol. The standard InChI is InChI=1S/C24H39N3O5/c1-10-15(2)27(21(30)16(3)25-22(31)32-24(7,8)9)19(20(29)26-23(4,5)6)17-11-13-18(28)14-12-17/h11-16,19,28H,10H2,1-9H3,(H,25,31)(H,26,29). The van der Waals surface area contributed by atoms with Gasteiger partial charge in [0, 0.05) is 11.6 Å². The van der Waals surface area contributed by atoms with Crippen molar-refractivity contribution in [2.75, 3.05) is 0 Å². The van der Waals surface area contributed by atoms with Crippen molar-refractivity contribution < 1.29 is 24.2 Å². The molecule has 8 heteroatoms. The summed E-state index contributed by atoms with van der Waals surface area (Å²) in [6, 6.07) is 4.05. The topological polar surface area (TPSA) is 108 Å². The third kappa shape index (κ3) is 8.40. The average molecular weight is 450 g/mol. The van der Waals surface area contributed by atoms with Crippen molar-refractivity contribution in [1.82, 2.24) is 15.5 Å². The highest BCUT2D eigenvalue weighted by atomic mass is 16.6. The minimum atomic E-state index is -0.944. The van der Waals surface area contributed by atoms with E-state index >= 15 is 0 Å². The molecule has 1 aromatic carbocycles. The Balaban J connectivity index is 3.36. The number of carbonyl (C=O) groups excluding carboxylic acids is 3. The molecule has 8 nitrogen and oxygen atoms in total. The smallest absolute Gasteiger partial charge is 0.408 e. The normalized spacial score (nSPS) is 14.7. The molecule has 32 heavy (non-hydrogen) atoms. The predicted octanol–water partition coefficient (Wildman–Crippen LogP) is 3.89. The maximum absolute atomic E-state index is 13.5. The SMILES string of the molecule is CCC(C)N(C(=O)C(C)NC(=O)OC(C)(C)C)C(C(=O)NC(C)(C)C)c1ccc(O)cc1. The Bertz CT molecular complexity index is 793. The molecule has 0 fully saturated rings. The van der Waals surface area contributed by atoms with Crippen molar-refractivity contribution in [3.63, 3.8) is 0 Å². The quantitative estimate of drug-likeness (QED) is 0.585. The van der Waals surface area contributed by atoms with Gasteiger partial charge in [0.2, 0.25) is 11.8 Å². The number of hydrogen-bond acceptors (Lipinski definition) is 5. The predicted molar refractivity (Wildman–Crippen MR) is 124 cm³/mol. The highest BCUT2D eigenvalue weighted by molar-refractivity contribution is 5.92. The number of hydrogen-bond donors (Lipinski definition) is 3. The number of rotatable bonds is 7. The van der Waals surface area contributed by atoms with Gasteiger partial charge in [0.05, 0.1) is 0 Å². The van der Waals surface area contributed by atoms with Gasteiger partial charge in [0.25, 0.3) is 0 Å². The lowest BCUT2D eigenvalue weighted by Gasteiger charge is -2.38. The number of carbonyl (C=O) groups is 3. The lowest BCUT2D eigenvalue weighted by atomic mass is 9.98. The minimum absolute atomic E-state index is 0.0603. The fourth-order valence-electron chi connectivity index (χ4n) is 3.10. The molecule has 3 unspecified atom stereocenters. The third-order valence-corrected chi connectivity index (χ3v) is 4.66. The fraction of sp³-hybridized carbons (Fsp3) is 0.625. The van der Waals surface area contributed by atoms with Crippen LogP contribution in [0.3, 0.4) is 0 Å². The van der Waals surface area contributed by atoms with Gasteiger partial charge < -0.3 is 25.4 Å². The molecule has 0 bridgehead atoms. The molecule has 0 saturated carbocycles. The molecule has 3 N–H and O–H groups in total. The van der Waals surface area contributed by atoms with E-state index in [2.05, 4.69) is 10.6 Å². The molecule has 1 aromatic rings. The van der Waals surface area contributed by atoms with Gasteiger partial charge in [-0.1, -0.05) is 19.1 Å². The van der Waals surface area contributed by atoms with E-state index < -0.39 is 35.2 Å². The summed E-state index contributed by atoms with van der Waals surface area (Å²) < 4.78 is 5.27. The second-order valence-electron chi connectivity index (χ2n) is 10.1. The van der Waals surface area contributed by atoms with Gasteiger partial charge in [0.15, 0.2) is 0 Å². The third-order valence-electron chi connectivity index (χ3n) is 4.66. The average Bonchev–Trinajstić information content (AvgIpc) is 2.62. The van der Waals surface area contributed by atoms with Crippen molar-refractivity contribution in [2.24, 2.45) is 0 Å². The summed E-state index contributed by atoms with van der Waals surface area (Å²) >= 11 is 0. The number of aromatic hydroxyl groups is 1. The first-order valence-corrected chi connectivity index (χ1v) is 11.0. The van der Waals surface area contributed by atoms with Crippen LogP contribution < -0.4 is 10.6 Å². The lowest BCUT2D eigenvalue weighted by molar-refractivity contribution is -0.145. The van der Waals surface area contributed by atoms with Crippen LogP contribution in [0, 0.1) is 0 Å². The van der Waals surface area contributed by atoms with Crippen molar-refractivity contribution in [2.45, 2.75) is 98.0 Å². The summed E-state index contributed by atoms with van der Waals surface area (Å²) in [7, 11) is 0. The molecule has 0 radical (unpaired) electrons. The van der Waals surface area contributed by atoms with E-state index in [-0.39, 0.29) is 17.7 Å². The number of amides is 3. The molecule has 0 aliphatic carbocycles. The monoisotopic (exact) mass is 449 g/mol. The minimum Gasteiger partial charge on any atom is -0.508 e. The molecular formula is C24H39N3O5. The summed E-state index contributed by atoms with van der Waals surface area (Å²) in [5, 5.41) is 15.2. The summed E-state index contributed by atoms with van der Waals surface area (Å²) in [6.45, 7) is 16.1. The highest BCUT2D eigenvalue weighted by Gasteiger charge is 2.38. The molecule has 0 aromatic heterocycles. The van der Waals surface area contributed by atoms with Crippen LogP contribution >= 0.6 is 0 Å². The van der Waals surface area contributed by atoms with Crippen LogP contribution in [0.1, 0.15) is 80.3 Å². The van der Waals surface area contributed by atoms with Crippen LogP contribution in [0.5, 0.6) is 5.75 Å². The summed E-state index contributed by atoms with van der Waals surface area (Å²) in [5.74, 6) is -0.696. The van der Waals surface area contributed by atoms with Gasteiger partial charge in [-0.2, -0.15) is 0 Å². The van der Waals surface area contributed by atoms with E-state index in [1.807, 2.05) is 34.6 Å². The molecule has 1 rings (SSSR count). The maximum atomic E-state index is 13.5. The van der Waals surface area contributed by atoms with E-state index in [0.717, 1.165) is 0 Å². The molecule has 3 atom stereocenters. The van der Waals surface area contributed by atoms with Crippen molar-refractivity contribution in [3.8, 4) is 5.75 Å². The summed E-state index contributed by atoms with van der Waals surface area (Å²) in [4.78, 5) is 40.6. The fourth-order valence-corrected chi connectivity index (χ4v) is 3.10. The van der Waals surface area contributed by atoms with Crippen LogP contribution in [0.2, 0.25) is 0 Å². The number of ether oxygens (including phenoxy) is 1. The van der Waals surface area contributed by atoms with Crippen LogP contribution in [0.4, 0.5) is 4.79 Å². The summed E-state index contributed by atoms with van der Waals surface area (Å²) in [5.41, 5.74) is -0.663. The van der Waals surface area contributed by atoms with Gasteiger partial charge in [-0.05, 0) is 79.5 Å². The lowest BCUT2D eigenvalue weighted by Crippen LogP contribution is -2.56. The van der Waals surface area contributed by atoms with E-state index in [1.54, 1.807) is 39.8 Å². The van der Waals surface area contributed by atoms with Gasteiger partial charge >= 0.3 is 6.09 Å². The number of nitrogens with zero attached hydrogens (tertiary/aromatic N) is 1. The second kappa shape index (κ2) is 10.7. The first kappa shape index (κ1) is 27.3. The van der Waals surface area contributed by atoms with Crippen molar-refractivity contribution in [3.05, 3.63) is 29.8 Å². The number of phenolic OH excluding ortho intramolecular Hbond substituents is 1. The Kier molecular flexibility index (Phi) is 9.12. The van der Waals surface area contributed by atoms with E-state index in [1.165, 1.54) is 17.0 Å². The number of nitrogens with one attached hydrogen (secondary N) is 2. The van der Waals surface area contributed by atoms with Crippen LogP contribution in [-0.4, -0.2) is 51.1 Å². The number of phenols is 1. The Morgan fingerprint density at radius 1 is 1.03 bits per heavy atom. The second-order valence-corrected chi connectivity index (χ2v) is 10.1. The van der Waals surface area contributed by atoms with Gasteiger partial charge in [-0.3, -0.25) is 9.59 Å². The molecule has 180 valence electrons. The molecule has 0 heterocycles. The van der Waals surface area contributed by atoms with E-state index in [9.17, 15) is 19.5 Å². The van der Waals surface area contributed by atoms with E-state index in [4.69, 9.17) is 4.74 Å². The van der Waals surface area contributed by atoms with Crippen molar-refractivity contribution >= 4 is 17.9 Å². The Morgan fingerprint density at radius 2 is 1.56 bits per heavy atom.